The van der Waals surface area contributed by atoms with Crippen molar-refractivity contribution in [3.8, 4) is 0 Å². The lowest BCUT2D eigenvalue weighted by atomic mass is 9.96. The molecule has 5 nitrogen and oxygen atoms in total. The van der Waals surface area contributed by atoms with Crippen LogP contribution in [0.2, 0.25) is 0 Å². The van der Waals surface area contributed by atoms with Gasteiger partial charge in [0.05, 0.1) is 18.8 Å². The van der Waals surface area contributed by atoms with Crippen LogP contribution in [-0.4, -0.2) is 41.4 Å². The summed E-state index contributed by atoms with van der Waals surface area (Å²) < 4.78 is 7.44. The number of aromatic nitrogens is 1. The average Bonchev–Trinajstić information content (AvgIpc) is 3.43. The molecule has 1 aromatic heterocycles. The van der Waals surface area contributed by atoms with Crippen molar-refractivity contribution >= 4 is 16.8 Å². The minimum atomic E-state index is -0.526. The molecular weight excluding hydrogens is 316 g/mol. The molecule has 0 radical (unpaired) electrons. The molecule has 1 heterocycles. The second-order valence-corrected chi connectivity index (χ2v) is 7.39. The summed E-state index contributed by atoms with van der Waals surface area (Å²) in [6.45, 7) is 7.53. The van der Waals surface area contributed by atoms with E-state index >= 15 is 0 Å². The van der Waals surface area contributed by atoms with Crippen LogP contribution in [0.25, 0.3) is 10.9 Å². The number of hydrogen-bond donors (Lipinski definition) is 2. The predicted octanol–water partition coefficient (Wildman–Crippen LogP) is 2.80. The minimum Gasteiger partial charge on any atom is -0.394 e. The fraction of sp³-hybridized carbons (Fsp3) is 0.550. The van der Waals surface area contributed by atoms with Crippen molar-refractivity contribution in [1.29, 1.82) is 0 Å². The highest BCUT2D eigenvalue weighted by Gasteiger charge is 2.42. The highest BCUT2D eigenvalue weighted by atomic mass is 16.5. The molecule has 1 aromatic carbocycles. The number of nitrogens with one attached hydrogen (secondary N) is 1. The lowest BCUT2D eigenvalue weighted by Crippen LogP contribution is -2.50. The van der Waals surface area contributed by atoms with Gasteiger partial charge in [0.2, 0.25) is 0 Å². The van der Waals surface area contributed by atoms with E-state index in [1.54, 1.807) is 7.11 Å². The van der Waals surface area contributed by atoms with E-state index in [-0.39, 0.29) is 12.5 Å². The topological polar surface area (TPSA) is 63.5 Å². The Morgan fingerprint density at radius 1 is 1.40 bits per heavy atom. The third-order valence-corrected chi connectivity index (χ3v) is 5.63. The summed E-state index contributed by atoms with van der Waals surface area (Å²) in [5.41, 5.74) is 3.62. The molecule has 1 aliphatic carbocycles. The monoisotopic (exact) mass is 344 g/mol. The van der Waals surface area contributed by atoms with Gasteiger partial charge in [-0.1, -0.05) is 0 Å². The number of carbonyl (C=O) groups is 1. The van der Waals surface area contributed by atoms with Gasteiger partial charge in [0.15, 0.2) is 0 Å². The third-order valence-electron chi connectivity index (χ3n) is 5.63. The number of hydrogen-bond acceptors (Lipinski definition) is 3. The van der Waals surface area contributed by atoms with Crippen molar-refractivity contribution < 1.29 is 14.6 Å². The first-order valence-electron chi connectivity index (χ1n) is 8.93. The van der Waals surface area contributed by atoms with Crippen LogP contribution >= 0.6 is 0 Å². The molecule has 1 unspecified atom stereocenters. The Morgan fingerprint density at radius 3 is 2.72 bits per heavy atom. The van der Waals surface area contributed by atoms with E-state index in [0.717, 1.165) is 30.3 Å². The quantitative estimate of drug-likeness (QED) is 0.812. The van der Waals surface area contributed by atoms with Crippen LogP contribution in [0, 0.1) is 19.8 Å². The molecule has 0 saturated heterocycles. The van der Waals surface area contributed by atoms with E-state index in [9.17, 15) is 9.90 Å². The van der Waals surface area contributed by atoms with Crippen LogP contribution in [0.3, 0.4) is 0 Å². The molecule has 1 amide bonds. The minimum absolute atomic E-state index is 0.0306. The van der Waals surface area contributed by atoms with Gasteiger partial charge in [-0.2, -0.15) is 0 Å². The Balaban J connectivity index is 1.90. The molecule has 0 bridgehead atoms. The Hall–Kier alpha value is -1.85. The van der Waals surface area contributed by atoms with Crippen LogP contribution in [0.1, 0.15) is 41.4 Å². The van der Waals surface area contributed by atoms with E-state index in [4.69, 9.17) is 4.74 Å². The molecule has 0 aliphatic heterocycles. The Labute approximate surface area is 149 Å². The Kier molecular flexibility index (Phi) is 4.89. The van der Waals surface area contributed by atoms with Crippen molar-refractivity contribution in [1.82, 2.24) is 9.88 Å². The summed E-state index contributed by atoms with van der Waals surface area (Å²) in [4.78, 5) is 12.7. The molecule has 3 rings (SSSR count). The molecule has 5 heteroatoms. The molecule has 136 valence electrons. The van der Waals surface area contributed by atoms with Crippen LogP contribution < -0.4 is 5.32 Å². The average molecular weight is 344 g/mol. The molecule has 1 atom stereocenters. The van der Waals surface area contributed by atoms with Crippen molar-refractivity contribution in [2.75, 3.05) is 20.3 Å². The number of methoxy groups -OCH3 is 1. The molecule has 25 heavy (non-hydrogen) atoms. The number of carbonyl (C=O) groups excluding carboxylic acids is 1. The third kappa shape index (κ3) is 3.31. The van der Waals surface area contributed by atoms with Crippen molar-refractivity contribution in [3.63, 3.8) is 0 Å². The van der Waals surface area contributed by atoms with Crippen LogP contribution in [-0.2, 0) is 11.3 Å². The number of aliphatic hydroxyl groups excluding tert-OH is 1. The summed E-state index contributed by atoms with van der Waals surface area (Å²) in [6.07, 6.45) is 2.13. The number of benzene rings is 1. The van der Waals surface area contributed by atoms with Crippen LogP contribution in [0.5, 0.6) is 0 Å². The van der Waals surface area contributed by atoms with Crippen molar-refractivity contribution in [3.05, 3.63) is 35.0 Å². The number of fused-ring (bicyclic) bond motifs is 1. The van der Waals surface area contributed by atoms with Crippen LogP contribution in [0.15, 0.2) is 18.2 Å². The zero-order chi connectivity index (χ0) is 18.2. The summed E-state index contributed by atoms with van der Waals surface area (Å²) >= 11 is 0. The second kappa shape index (κ2) is 6.81. The highest BCUT2D eigenvalue weighted by Crippen LogP contribution is 2.39. The van der Waals surface area contributed by atoms with E-state index in [2.05, 4.69) is 23.7 Å². The molecule has 2 aromatic rings. The van der Waals surface area contributed by atoms with Gasteiger partial charge in [0.25, 0.3) is 5.91 Å². The molecule has 1 saturated carbocycles. The van der Waals surface area contributed by atoms with E-state index < -0.39 is 5.54 Å². The van der Waals surface area contributed by atoms with Gasteiger partial charge < -0.3 is 19.7 Å². The van der Waals surface area contributed by atoms with E-state index in [1.807, 2.05) is 25.1 Å². The lowest BCUT2D eigenvalue weighted by molar-refractivity contribution is 0.0824. The highest BCUT2D eigenvalue weighted by molar-refractivity contribution is 5.99. The first-order valence-corrected chi connectivity index (χ1v) is 8.93. The normalized spacial score (nSPS) is 16.8. The number of amides is 1. The molecule has 2 N–H and O–H groups in total. The summed E-state index contributed by atoms with van der Waals surface area (Å²) in [6, 6.07) is 5.83. The Bertz CT molecular complexity index is 792. The maximum atomic E-state index is 12.7. The smallest absolute Gasteiger partial charge is 0.251 e. The number of ether oxygens (including phenoxy) is 1. The number of aliphatic hydroxyl groups is 1. The zero-order valence-electron chi connectivity index (χ0n) is 15.6. The van der Waals surface area contributed by atoms with Gasteiger partial charge in [-0.15, -0.1) is 0 Å². The van der Waals surface area contributed by atoms with Crippen molar-refractivity contribution in [2.45, 2.75) is 45.7 Å². The largest absolute Gasteiger partial charge is 0.394 e. The Morgan fingerprint density at radius 2 is 2.12 bits per heavy atom. The first-order chi connectivity index (χ1) is 11.9. The van der Waals surface area contributed by atoms with Crippen LogP contribution in [0.4, 0.5) is 0 Å². The van der Waals surface area contributed by atoms with Gasteiger partial charge >= 0.3 is 0 Å². The number of rotatable bonds is 7. The molecular formula is C20H28N2O3. The molecule has 1 aliphatic rings. The van der Waals surface area contributed by atoms with Gasteiger partial charge in [0, 0.05) is 35.8 Å². The number of nitrogens with zero attached hydrogens (tertiary/aromatic N) is 1. The maximum Gasteiger partial charge on any atom is 0.251 e. The first kappa shape index (κ1) is 18.0. The number of aryl methyl sites for hydroxylation is 1. The summed E-state index contributed by atoms with van der Waals surface area (Å²) in [7, 11) is 1.70. The zero-order valence-corrected chi connectivity index (χ0v) is 15.6. The van der Waals surface area contributed by atoms with Gasteiger partial charge in [-0.3, -0.25) is 4.79 Å². The van der Waals surface area contributed by atoms with E-state index in [0.29, 0.717) is 18.1 Å². The fourth-order valence-corrected chi connectivity index (χ4v) is 3.58. The second-order valence-electron chi connectivity index (χ2n) is 7.39. The summed E-state index contributed by atoms with van der Waals surface area (Å²) in [5.74, 6) is 0.260. The summed E-state index contributed by atoms with van der Waals surface area (Å²) in [5, 5.41) is 13.8. The van der Waals surface area contributed by atoms with E-state index in [1.165, 1.54) is 11.3 Å². The molecule has 0 spiro atoms. The lowest BCUT2D eigenvalue weighted by Gasteiger charge is -2.28. The van der Waals surface area contributed by atoms with Gasteiger partial charge in [-0.25, -0.2) is 0 Å². The van der Waals surface area contributed by atoms with Gasteiger partial charge in [-0.05, 0) is 63.3 Å². The SMILES string of the molecule is COCCn1c(C)c(C)c2cc(C(=O)NC(C)(CO)C3CC3)ccc21. The fourth-order valence-electron chi connectivity index (χ4n) is 3.58. The van der Waals surface area contributed by atoms with Crippen molar-refractivity contribution in [2.24, 2.45) is 5.92 Å². The molecule has 1 fully saturated rings. The van der Waals surface area contributed by atoms with Gasteiger partial charge in [0.1, 0.15) is 0 Å². The standard InChI is InChI=1S/C20H28N2O3/c1-13-14(2)22(9-10-25-4)18-8-5-15(11-17(13)18)19(24)21-20(3,12-23)16-6-7-16/h5,8,11,16,23H,6-7,9-10,12H2,1-4H3,(H,21,24). The predicted molar refractivity (Wildman–Crippen MR) is 99.0 cm³/mol. The maximum absolute atomic E-state index is 12.7.